The lowest BCUT2D eigenvalue weighted by Gasteiger charge is -2.34. The number of ether oxygens (including phenoxy) is 1. The van der Waals surface area contributed by atoms with Gasteiger partial charge in [-0.25, -0.2) is 9.97 Å². The molecule has 0 radical (unpaired) electrons. The average molecular weight is 659 g/mol. The van der Waals surface area contributed by atoms with Crippen LogP contribution in [-0.2, 0) is 29.0 Å². The summed E-state index contributed by atoms with van der Waals surface area (Å²) >= 11 is 12.5. The number of rotatable bonds is 6. The monoisotopic (exact) mass is 657 g/mol. The third-order valence-corrected chi connectivity index (χ3v) is 8.72. The Morgan fingerprint density at radius 2 is 2.00 bits per heavy atom. The van der Waals surface area contributed by atoms with Crippen molar-refractivity contribution in [1.29, 1.82) is 0 Å². The quantitative estimate of drug-likeness (QED) is 0.263. The molecule has 0 aliphatic carbocycles. The number of aromatic nitrogens is 4. The van der Waals surface area contributed by atoms with E-state index in [-0.39, 0.29) is 55.9 Å². The summed E-state index contributed by atoms with van der Waals surface area (Å²) in [7, 11) is 0. The summed E-state index contributed by atoms with van der Waals surface area (Å²) in [5.74, 6) is -2.03. The van der Waals surface area contributed by atoms with Gasteiger partial charge in [-0.3, -0.25) is 19.0 Å². The van der Waals surface area contributed by atoms with E-state index in [1.54, 1.807) is 10.8 Å². The van der Waals surface area contributed by atoms with Gasteiger partial charge in [0, 0.05) is 37.3 Å². The van der Waals surface area contributed by atoms with E-state index in [1.807, 2.05) is 25.7 Å². The molecule has 4 N–H and O–H groups in total. The number of nitrogens with zero attached hydrogens (tertiary/aromatic N) is 5. The number of pyridine rings is 1. The molecule has 15 heteroatoms. The van der Waals surface area contributed by atoms with E-state index in [2.05, 4.69) is 10.3 Å². The fourth-order valence-electron chi connectivity index (χ4n) is 5.94. The summed E-state index contributed by atoms with van der Waals surface area (Å²) in [5, 5.41) is 12.7. The highest BCUT2D eigenvalue weighted by Crippen LogP contribution is 2.38. The Labute approximate surface area is 266 Å². The van der Waals surface area contributed by atoms with Gasteiger partial charge >= 0.3 is 0 Å². The molecule has 236 valence electrons. The molecular weight excluding hydrogens is 628 g/mol. The molecule has 4 aromatic rings. The number of morpholine rings is 1. The van der Waals surface area contributed by atoms with E-state index >= 15 is 0 Å². The zero-order valence-electron chi connectivity index (χ0n) is 24.7. The zero-order valence-corrected chi connectivity index (χ0v) is 26.2. The topological polar surface area (TPSA) is 158 Å². The van der Waals surface area contributed by atoms with E-state index in [0.717, 1.165) is 0 Å². The lowest BCUT2D eigenvalue weighted by Crippen LogP contribution is -2.44. The highest BCUT2D eigenvalue weighted by Gasteiger charge is 2.33. The van der Waals surface area contributed by atoms with Crippen molar-refractivity contribution >= 4 is 57.6 Å². The number of halogens is 3. The number of anilines is 2. The molecule has 2 aliphatic heterocycles. The normalized spacial score (nSPS) is 17.5. The molecular formula is C30H30Cl2FN7O5. The van der Waals surface area contributed by atoms with Gasteiger partial charge in [-0.05, 0) is 30.0 Å². The minimum absolute atomic E-state index is 0.0339. The van der Waals surface area contributed by atoms with Crippen molar-refractivity contribution in [2.75, 3.05) is 30.0 Å². The fraction of sp³-hybridized carbons (Fsp3) is 0.367. The first-order valence-electron chi connectivity index (χ1n) is 14.2. The van der Waals surface area contributed by atoms with Gasteiger partial charge < -0.3 is 30.4 Å². The fourth-order valence-corrected chi connectivity index (χ4v) is 6.30. The van der Waals surface area contributed by atoms with Crippen molar-refractivity contribution in [2.24, 2.45) is 11.1 Å². The van der Waals surface area contributed by atoms with Crippen LogP contribution in [0.15, 0.2) is 29.2 Å². The molecule has 1 saturated heterocycles. The number of nitrogens with two attached hydrogens (primary N) is 1. The van der Waals surface area contributed by atoms with E-state index in [0.29, 0.717) is 55.5 Å². The molecule has 0 unspecified atom stereocenters. The van der Waals surface area contributed by atoms with Gasteiger partial charge in [0.1, 0.15) is 34.6 Å². The standard InChI is InChI=1S/C30H30Cl2FN7O5/c1-14-12-45-5-4-39(14)20-8-19(24(32)26(33)36-20)35-22(41)11-38-10-17(15-6-16(27(34)43)25(42)18(31)7-15)23-28(38)37-21-9-30(2,3)13-40(21)29(23)44/h6-8,10,14,42H,4-5,9,11-13H2,1-3H3,(H2,34,43)(H,35,36,41)/t14-/m0/s1. The Bertz CT molecular complexity index is 1960. The van der Waals surface area contributed by atoms with Gasteiger partial charge in [-0.2, -0.15) is 4.39 Å². The van der Waals surface area contributed by atoms with Crippen LogP contribution in [0, 0.1) is 11.4 Å². The number of nitrogens with one attached hydrogen (secondary N) is 1. The molecule has 1 aromatic carbocycles. The molecule has 2 aliphatic rings. The molecule has 2 amide bonds. The summed E-state index contributed by atoms with van der Waals surface area (Å²) in [6.45, 7) is 7.46. The van der Waals surface area contributed by atoms with Crippen LogP contribution in [0.1, 0.15) is 37.0 Å². The Kier molecular flexibility index (Phi) is 7.74. The van der Waals surface area contributed by atoms with Gasteiger partial charge in [0.2, 0.25) is 11.9 Å². The summed E-state index contributed by atoms with van der Waals surface area (Å²) in [5.41, 5.74) is 5.59. The van der Waals surface area contributed by atoms with E-state index in [4.69, 9.17) is 38.7 Å². The van der Waals surface area contributed by atoms with Crippen molar-refractivity contribution in [1.82, 2.24) is 19.1 Å². The second-order valence-corrected chi connectivity index (χ2v) is 12.9. The van der Waals surface area contributed by atoms with Gasteiger partial charge in [0.05, 0.1) is 40.9 Å². The van der Waals surface area contributed by atoms with Crippen molar-refractivity contribution in [3.8, 4) is 16.9 Å². The number of primary amides is 1. The van der Waals surface area contributed by atoms with Crippen LogP contribution in [-0.4, -0.2) is 61.8 Å². The Balaban J connectivity index is 1.42. The molecule has 3 aromatic heterocycles. The molecule has 0 spiro atoms. The predicted molar refractivity (Wildman–Crippen MR) is 168 cm³/mol. The van der Waals surface area contributed by atoms with Crippen LogP contribution >= 0.6 is 23.2 Å². The Morgan fingerprint density at radius 1 is 1.24 bits per heavy atom. The largest absolute Gasteiger partial charge is 0.506 e. The number of benzene rings is 1. The highest BCUT2D eigenvalue weighted by atomic mass is 35.5. The lowest BCUT2D eigenvalue weighted by molar-refractivity contribution is -0.116. The van der Waals surface area contributed by atoms with Crippen LogP contribution in [0.2, 0.25) is 10.0 Å². The number of carbonyl (C=O) groups excluding carboxylic acids is 2. The number of amides is 2. The number of aromatic hydroxyl groups is 1. The number of fused-ring (bicyclic) bond motifs is 2. The molecule has 6 rings (SSSR count). The predicted octanol–water partition coefficient (Wildman–Crippen LogP) is 3.96. The van der Waals surface area contributed by atoms with E-state index < -0.39 is 23.5 Å². The first-order valence-corrected chi connectivity index (χ1v) is 14.9. The van der Waals surface area contributed by atoms with Crippen LogP contribution in [0.25, 0.3) is 22.2 Å². The van der Waals surface area contributed by atoms with Crippen molar-refractivity contribution in [3.63, 3.8) is 0 Å². The number of hydrogen-bond donors (Lipinski definition) is 3. The Morgan fingerprint density at radius 3 is 2.71 bits per heavy atom. The minimum Gasteiger partial charge on any atom is -0.506 e. The summed E-state index contributed by atoms with van der Waals surface area (Å²) in [6.07, 6.45) is 2.08. The minimum atomic E-state index is -0.931. The van der Waals surface area contributed by atoms with E-state index in [1.165, 1.54) is 22.8 Å². The third kappa shape index (κ3) is 5.60. The molecule has 1 fully saturated rings. The maximum atomic E-state index is 14.8. The van der Waals surface area contributed by atoms with Gasteiger partial charge in [-0.15, -0.1) is 0 Å². The number of phenols is 1. The van der Waals surface area contributed by atoms with E-state index in [9.17, 15) is 23.9 Å². The summed E-state index contributed by atoms with van der Waals surface area (Å²) in [6, 6.07) is 4.17. The van der Waals surface area contributed by atoms with Gasteiger partial charge in [0.25, 0.3) is 11.5 Å². The summed E-state index contributed by atoms with van der Waals surface area (Å²) in [4.78, 5) is 50.0. The second kappa shape index (κ2) is 11.3. The maximum Gasteiger partial charge on any atom is 0.263 e. The molecule has 0 bridgehead atoms. The van der Waals surface area contributed by atoms with Crippen LogP contribution in [0.3, 0.4) is 0 Å². The number of hydrogen-bond acceptors (Lipinski definition) is 8. The van der Waals surface area contributed by atoms with Crippen LogP contribution < -0.4 is 21.5 Å². The van der Waals surface area contributed by atoms with Crippen molar-refractivity contribution in [2.45, 2.75) is 46.3 Å². The SMILES string of the molecule is C[C@H]1COCCN1c1cc(NC(=O)Cn2cc(-c3cc(Cl)c(O)c(C(N)=O)c3)c3c(=O)n4c(nc32)CC(C)(C)C4)c(Cl)c(F)n1. The van der Waals surface area contributed by atoms with Crippen molar-refractivity contribution in [3.05, 3.63) is 62.1 Å². The molecule has 0 saturated carbocycles. The molecule has 12 nitrogen and oxygen atoms in total. The third-order valence-electron chi connectivity index (χ3n) is 8.07. The zero-order chi connectivity index (χ0) is 32.4. The van der Waals surface area contributed by atoms with Gasteiger partial charge in [-0.1, -0.05) is 37.0 Å². The first kappa shape index (κ1) is 30.8. The Hall–Kier alpha value is -4.20. The molecule has 45 heavy (non-hydrogen) atoms. The maximum absolute atomic E-state index is 14.8. The van der Waals surface area contributed by atoms with Crippen molar-refractivity contribution < 1.29 is 23.8 Å². The number of carbonyl (C=O) groups is 2. The van der Waals surface area contributed by atoms with Crippen LogP contribution in [0.4, 0.5) is 15.9 Å². The second-order valence-electron chi connectivity index (χ2n) is 12.1. The highest BCUT2D eigenvalue weighted by molar-refractivity contribution is 6.34. The lowest BCUT2D eigenvalue weighted by atomic mass is 9.92. The van der Waals surface area contributed by atoms with Crippen LogP contribution in [0.5, 0.6) is 5.75 Å². The average Bonchev–Trinajstić information content (AvgIpc) is 3.48. The molecule has 1 atom stereocenters. The summed E-state index contributed by atoms with van der Waals surface area (Å²) < 4.78 is 23.4. The first-order chi connectivity index (χ1) is 21.2. The smallest absolute Gasteiger partial charge is 0.263 e. The molecule has 5 heterocycles. The van der Waals surface area contributed by atoms with Gasteiger partial charge in [0.15, 0.2) is 0 Å².